The molecular formula is C22H32N4O5Si. The molecular weight excluding hydrogens is 428 g/mol. The second kappa shape index (κ2) is 13.0. The van der Waals surface area contributed by atoms with Crippen LogP contribution in [-0.4, -0.2) is 47.1 Å². The predicted octanol–water partition coefficient (Wildman–Crippen LogP) is 5.88. The minimum absolute atomic E-state index is 0.0278. The van der Waals surface area contributed by atoms with Crippen molar-refractivity contribution in [2.45, 2.75) is 33.2 Å². The molecule has 0 aliphatic rings. The Morgan fingerprint density at radius 1 is 0.875 bits per heavy atom. The van der Waals surface area contributed by atoms with Crippen LogP contribution in [0.4, 0.5) is 22.7 Å². The molecule has 10 heteroatoms. The lowest BCUT2D eigenvalue weighted by Gasteiger charge is -2.29. The second-order valence-electron chi connectivity index (χ2n) is 7.00. The smallest absolute Gasteiger partial charge is 0.375 e. The van der Waals surface area contributed by atoms with Gasteiger partial charge in [-0.25, -0.2) is 0 Å². The maximum absolute atomic E-state index is 10.7. The Bertz CT molecular complexity index is 845. The quantitative estimate of drug-likeness (QED) is 0.151. The number of rotatable bonds is 14. The van der Waals surface area contributed by atoms with E-state index in [-0.39, 0.29) is 5.69 Å². The van der Waals surface area contributed by atoms with Crippen molar-refractivity contribution in [1.82, 2.24) is 0 Å². The minimum atomic E-state index is -2.62. The minimum Gasteiger partial charge on any atom is -0.375 e. The number of azo groups is 1. The van der Waals surface area contributed by atoms with E-state index in [2.05, 4.69) is 15.1 Å². The van der Waals surface area contributed by atoms with Gasteiger partial charge in [0, 0.05) is 57.3 Å². The Morgan fingerprint density at radius 3 is 1.78 bits per heavy atom. The Labute approximate surface area is 190 Å². The molecule has 0 spiro atoms. The van der Waals surface area contributed by atoms with Crippen molar-refractivity contribution in [3.8, 4) is 0 Å². The first-order valence-corrected chi connectivity index (χ1v) is 12.8. The van der Waals surface area contributed by atoms with Gasteiger partial charge in [-0.15, -0.1) is 0 Å². The fourth-order valence-electron chi connectivity index (χ4n) is 3.19. The molecule has 0 bridgehead atoms. The lowest BCUT2D eigenvalue weighted by molar-refractivity contribution is -0.384. The summed E-state index contributed by atoms with van der Waals surface area (Å²) in [5.41, 5.74) is 2.36. The number of nitro groups is 1. The van der Waals surface area contributed by atoms with Crippen LogP contribution >= 0.6 is 0 Å². The molecule has 0 aliphatic heterocycles. The number of benzene rings is 2. The van der Waals surface area contributed by atoms with Gasteiger partial charge in [-0.2, -0.15) is 10.2 Å². The monoisotopic (exact) mass is 460 g/mol. The molecule has 0 saturated heterocycles. The van der Waals surface area contributed by atoms with Crippen molar-refractivity contribution >= 4 is 31.6 Å². The fraction of sp³-hybridized carbons (Fsp3) is 0.455. The van der Waals surface area contributed by atoms with Gasteiger partial charge in [-0.05, 0) is 63.6 Å². The zero-order valence-corrected chi connectivity index (χ0v) is 20.2. The Kier molecular flexibility index (Phi) is 10.4. The van der Waals surface area contributed by atoms with Crippen molar-refractivity contribution < 1.29 is 18.2 Å². The SMILES string of the molecule is CCO[Si](CCCN(C)c1ccc(N=Nc2ccc([N+](=O)[O-])cc2)cc1)(OCC)OCC. The largest absolute Gasteiger partial charge is 0.500 e. The first-order chi connectivity index (χ1) is 15.4. The molecule has 0 aliphatic carbocycles. The second-order valence-corrected chi connectivity index (χ2v) is 9.73. The molecule has 0 atom stereocenters. The van der Waals surface area contributed by atoms with E-state index in [0.717, 1.165) is 24.7 Å². The number of nitrogens with zero attached hydrogens (tertiary/aromatic N) is 4. The Morgan fingerprint density at radius 2 is 1.34 bits per heavy atom. The maximum atomic E-state index is 10.7. The van der Waals surface area contributed by atoms with Gasteiger partial charge in [0.05, 0.1) is 16.3 Å². The summed E-state index contributed by atoms with van der Waals surface area (Å²) in [5.74, 6) is 0. The molecule has 2 aromatic rings. The highest BCUT2D eigenvalue weighted by atomic mass is 28.4. The molecule has 0 heterocycles. The van der Waals surface area contributed by atoms with E-state index >= 15 is 0 Å². The van der Waals surface area contributed by atoms with E-state index in [1.54, 1.807) is 12.1 Å². The number of hydrogen-bond donors (Lipinski definition) is 0. The topological polar surface area (TPSA) is 98.8 Å². The third-order valence-corrected chi connectivity index (χ3v) is 7.85. The van der Waals surface area contributed by atoms with E-state index in [4.69, 9.17) is 13.3 Å². The average molecular weight is 461 g/mol. The Hall–Kier alpha value is -2.66. The summed E-state index contributed by atoms with van der Waals surface area (Å²) in [7, 11) is -0.576. The maximum Gasteiger partial charge on any atom is 0.500 e. The molecule has 0 amide bonds. The van der Waals surface area contributed by atoms with Gasteiger partial charge >= 0.3 is 8.80 Å². The highest BCUT2D eigenvalue weighted by molar-refractivity contribution is 6.60. The summed E-state index contributed by atoms with van der Waals surface area (Å²) >= 11 is 0. The van der Waals surface area contributed by atoms with E-state index in [9.17, 15) is 10.1 Å². The lowest BCUT2D eigenvalue weighted by Crippen LogP contribution is -2.46. The van der Waals surface area contributed by atoms with Crippen LogP contribution < -0.4 is 4.90 Å². The van der Waals surface area contributed by atoms with Crippen LogP contribution in [0.2, 0.25) is 6.04 Å². The van der Waals surface area contributed by atoms with Crippen molar-refractivity contribution in [3.63, 3.8) is 0 Å². The van der Waals surface area contributed by atoms with E-state index in [0.29, 0.717) is 31.2 Å². The van der Waals surface area contributed by atoms with Crippen molar-refractivity contribution in [2.75, 3.05) is 38.3 Å². The predicted molar refractivity (Wildman–Crippen MR) is 127 cm³/mol. The molecule has 2 rings (SSSR count). The third-order valence-electron chi connectivity index (χ3n) is 4.70. The van der Waals surface area contributed by atoms with Crippen LogP contribution in [0.5, 0.6) is 0 Å². The van der Waals surface area contributed by atoms with Gasteiger partial charge in [-0.3, -0.25) is 10.1 Å². The highest BCUT2D eigenvalue weighted by Gasteiger charge is 2.39. The number of non-ortho nitro benzene ring substituents is 1. The Balaban J connectivity index is 1.91. The molecule has 0 saturated carbocycles. The summed E-state index contributed by atoms with van der Waals surface area (Å²) in [5, 5.41) is 19.0. The van der Waals surface area contributed by atoms with Gasteiger partial charge in [0.1, 0.15) is 0 Å². The molecule has 2 aromatic carbocycles. The zero-order chi connectivity index (χ0) is 23.4. The molecule has 0 unspecified atom stereocenters. The zero-order valence-electron chi connectivity index (χ0n) is 19.2. The van der Waals surface area contributed by atoms with Gasteiger partial charge in [0.15, 0.2) is 0 Å². The summed E-state index contributed by atoms with van der Waals surface area (Å²) < 4.78 is 17.7. The van der Waals surface area contributed by atoms with E-state index in [1.807, 2.05) is 52.1 Å². The summed E-state index contributed by atoms with van der Waals surface area (Å²) in [6.07, 6.45) is 0.893. The molecule has 174 valence electrons. The first-order valence-electron chi connectivity index (χ1n) is 10.8. The molecule has 0 fully saturated rings. The number of nitro benzene ring substituents is 1. The first kappa shape index (κ1) is 25.6. The molecule has 0 radical (unpaired) electrons. The molecule has 32 heavy (non-hydrogen) atoms. The standard InChI is InChI=1S/C22H32N4O5Si/c1-5-29-32(30-6-2,31-7-3)18-8-17-25(4)21-13-9-19(10-14-21)23-24-20-11-15-22(16-12-20)26(27)28/h9-16H,5-8,17-18H2,1-4H3. The van der Waals surface area contributed by atoms with Crippen LogP contribution in [0.3, 0.4) is 0 Å². The van der Waals surface area contributed by atoms with E-state index in [1.165, 1.54) is 12.1 Å². The van der Waals surface area contributed by atoms with Crippen molar-refractivity contribution in [1.29, 1.82) is 0 Å². The molecule has 0 N–H and O–H groups in total. The van der Waals surface area contributed by atoms with Crippen molar-refractivity contribution in [2.24, 2.45) is 10.2 Å². The average Bonchev–Trinajstić information content (AvgIpc) is 2.79. The number of anilines is 1. The summed E-state index contributed by atoms with van der Waals surface area (Å²) in [4.78, 5) is 12.4. The molecule has 9 nitrogen and oxygen atoms in total. The van der Waals surface area contributed by atoms with Crippen LogP contribution in [0.1, 0.15) is 27.2 Å². The highest BCUT2D eigenvalue weighted by Crippen LogP contribution is 2.24. The third kappa shape index (κ3) is 7.79. The van der Waals surface area contributed by atoms with Gasteiger partial charge in [0.2, 0.25) is 0 Å². The van der Waals surface area contributed by atoms with Crippen LogP contribution in [-0.2, 0) is 13.3 Å². The normalized spacial score (nSPS) is 11.8. The van der Waals surface area contributed by atoms with Gasteiger partial charge in [-0.1, -0.05) is 0 Å². The van der Waals surface area contributed by atoms with Crippen LogP contribution in [0.15, 0.2) is 58.8 Å². The lowest BCUT2D eigenvalue weighted by atomic mass is 10.2. The van der Waals surface area contributed by atoms with Crippen LogP contribution in [0, 0.1) is 10.1 Å². The van der Waals surface area contributed by atoms with Crippen molar-refractivity contribution in [3.05, 3.63) is 58.6 Å². The van der Waals surface area contributed by atoms with E-state index < -0.39 is 13.7 Å². The number of hydrogen-bond acceptors (Lipinski definition) is 8. The summed E-state index contributed by atoms with van der Waals surface area (Å²) in [6, 6.07) is 14.5. The van der Waals surface area contributed by atoms with Crippen LogP contribution in [0.25, 0.3) is 0 Å². The van der Waals surface area contributed by atoms with Gasteiger partial charge in [0.25, 0.3) is 5.69 Å². The summed E-state index contributed by atoms with van der Waals surface area (Å²) in [6.45, 7) is 8.48. The molecule has 0 aromatic heterocycles. The fourth-order valence-corrected chi connectivity index (χ4v) is 5.79. The van der Waals surface area contributed by atoms with Gasteiger partial charge < -0.3 is 18.2 Å².